The first-order valence-corrected chi connectivity index (χ1v) is 10.4. The van der Waals surface area contributed by atoms with Crippen molar-refractivity contribution < 1.29 is 28.5 Å². The zero-order chi connectivity index (χ0) is 22.7. The molecule has 0 aromatic heterocycles. The number of aliphatic hydroxyl groups is 2. The quantitative estimate of drug-likeness (QED) is 0.513. The Morgan fingerprint density at radius 1 is 0.969 bits per heavy atom. The second-order valence-electron chi connectivity index (χ2n) is 7.72. The number of ether oxygens (including phenoxy) is 1. The number of carbonyl (C=O) groups excluding carboxylic acids is 1. The molecule has 32 heavy (non-hydrogen) atoms. The molecule has 0 fully saturated rings. The highest BCUT2D eigenvalue weighted by Gasteiger charge is 2.29. The third-order valence-electron chi connectivity index (χ3n) is 5.69. The molecule has 0 saturated heterocycles. The minimum atomic E-state index is -1.62. The smallest absolute Gasteiger partial charge is 0.407 e. The summed E-state index contributed by atoms with van der Waals surface area (Å²) in [4.78, 5) is 12.2. The van der Waals surface area contributed by atoms with Crippen molar-refractivity contribution >= 4 is 6.09 Å². The zero-order valence-corrected chi connectivity index (χ0v) is 17.2. The minimum absolute atomic E-state index is 0.00810. The molecule has 0 aliphatic heterocycles. The second-order valence-corrected chi connectivity index (χ2v) is 7.72. The van der Waals surface area contributed by atoms with E-state index in [1.807, 2.05) is 48.5 Å². The maximum Gasteiger partial charge on any atom is 0.407 e. The topological polar surface area (TPSA) is 78.8 Å². The van der Waals surface area contributed by atoms with Gasteiger partial charge in [-0.1, -0.05) is 48.5 Å². The molecule has 0 bridgehead atoms. The lowest BCUT2D eigenvalue weighted by molar-refractivity contribution is 0.0115. The van der Waals surface area contributed by atoms with Gasteiger partial charge in [0.25, 0.3) is 0 Å². The molecule has 5 nitrogen and oxygen atoms in total. The lowest BCUT2D eigenvalue weighted by atomic mass is 9.98. The van der Waals surface area contributed by atoms with Crippen LogP contribution in [0.3, 0.4) is 0 Å². The van der Waals surface area contributed by atoms with Crippen molar-refractivity contribution in [1.82, 2.24) is 5.32 Å². The van der Waals surface area contributed by atoms with Gasteiger partial charge in [0.2, 0.25) is 0 Å². The van der Waals surface area contributed by atoms with Gasteiger partial charge >= 0.3 is 6.09 Å². The van der Waals surface area contributed by atoms with Gasteiger partial charge < -0.3 is 20.3 Å². The highest BCUT2D eigenvalue weighted by atomic mass is 19.1. The van der Waals surface area contributed by atoms with Gasteiger partial charge in [0.05, 0.1) is 6.10 Å². The molecule has 2 atom stereocenters. The van der Waals surface area contributed by atoms with Crippen LogP contribution in [-0.2, 0) is 4.74 Å². The van der Waals surface area contributed by atoms with E-state index in [1.54, 1.807) is 0 Å². The van der Waals surface area contributed by atoms with Crippen molar-refractivity contribution in [3.63, 3.8) is 0 Å². The van der Waals surface area contributed by atoms with E-state index < -0.39 is 29.9 Å². The molecule has 166 valence electrons. The number of benzene rings is 3. The Balaban J connectivity index is 1.29. The summed E-state index contributed by atoms with van der Waals surface area (Å²) in [6.07, 6.45) is -3.73. The van der Waals surface area contributed by atoms with Crippen LogP contribution in [0.4, 0.5) is 13.6 Å². The Hall–Kier alpha value is -3.29. The third-order valence-corrected chi connectivity index (χ3v) is 5.69. The monoisotopic (exact) mass is 439 g/mol. The van der Waals surface area contributed by atoms with Crippen LogP contribution in [0.25, 0.3) is 11.1 Å². The molecule has 3 N–H and O–H groups in total. The molecule has 1 amide bonds. The van der Waals surface area contributed by atoms with E-state index in [0.29, 0.717) is 0 Å². The number of halogens is 2. The standard InChI is InChI=1S/C25H23F2NO4/c26-15-9-10-22(27)20(13-15)24(30)23(29)11-12-28-25(31)32-14-21-18-7-3-1-5-16(18)17-6-2-4-8-19(17)21/h1-10,13,21,23-24,29-30H,11-12,14H2,(H,28,31). The number of carbonyl (C=O) groups is 1. The maximum absolute atomic E-state index is 13.8. The van der Waals surface area contributed by atoms with Crippen LogP contribution in [0.2, 0.25) is 0 Å². The number of nitrogens with one attached hydrogen (secondary N) is 1. The van der Waals surface area contributed by atoms with Crippen LogP contribution in [-0.4, -0.2) is 35.6 Å². The van der Waals surface area contributed by atoms with Crippen molar-refractivity contribution in [2.45, 2.75) is 24.5 Å². The fraction of sp³-hybridized carbons (Fsp3) is 0.240. The Bertz CT molecular complexity index is 1080. The summed E-state index contributed by atoms with van der Waals surface area (Å²) in [5.41, 5.74) is 4.10. The molecule has 3 aromatic rings. The van der Waals surface area contributed by atoms with Gasteiger partial charge in [-0.05, 0) is 46.9 Å². The maximum atomic E-state index is 13.8. The molecule has 3 aromatic carbocycles. The number of hydrogen-bond acceptors (Lipinski definition) is 4. The fourth-order valence-corrected chi connectivity index (χ4v) is 4.08. The summed E-state index contributed by atoms with van der Waals surface area (Å²) in [6, 6.07) is 18.6. The highest BCUT2D eigenvalue weighted by molar-refractivity contribution is 5.79. The molecule has 1 aliphatic rings. The summed E-state index contributed by atoms with van der Waals surface area (Å²) in [7, 11) is 0. The van der Waals surface area contributed by atoms with E-state index in [-0.39, 0.29) is 31.1 Å². The average molecular weight is 439 g/mol. The van der Waals surface area contributed by atoms with Crippen LogP contribution < -0.4 is 5.32 Å². The second kappa shape index (κ2) is 9.46. The van der Waals surface area contributed by atoms with Gasteiger partial charge in [-0.3, -0.25) is 0 Å². The SMILES string of the molecule is O=C(NCCC(O)C(O)c1cc(F)ccc1F)OCC1c2ccccc2-c2ccccc21. The third kappa shape index (κ3) is 4.49. The predicted octanol–water partition coefficient (Wildman–Crippen LogP) is 4.29. The molecule has 7 heteroatoms. The molecule has 2 unspecified atom stereocenters. The molecule has 0 spiro atoms. The Labute approximate surface area is 184 Å². The van der Waals surface area contributed by atoms with Crippen molar-refractivity contribution in [2.24, 2.45) is 0 Å². The summed E-state index contributed by atoms with van der Waals surface area (Å²) in [5, 5.41) is 22.7. The van der Waals surface area contributed by atoms with Crippen molar-refractivity contribution in [2.75, 3.05) is 13.2 Å². The highest BCUT2D eigenvalue weighted by Crippen LogP contribution is 2.44. The van der Waals surface area contributed by atoms with Crippen molar-refractivity contribution in [1.29, 1.82) is 0 Å². The molecule has 4 rings (SSSR count). The largest absolute Gasteiger partial charge is 0.449 e. The first-order chi connectivity index (χ1) is 15.5. The summed E-state index contributed by atoms with van der Waals surface area (Å²) >= 11 is 0. The van der Waals surface area contributed by atoms with Crippen LogP contribution in [0.1, 0.15) is 35.1 Å². The minimum Gasteiger partial charge on any atom is -0.449 e. The van der Waals surface area contributed by atoms with Gasteiger partial charge in [0.1, 0.15) is 24.3 Å². The number of rotatable bonds is 7. The Morgan fingerprint density at radius 2 is 1.59 bits per heavy atom. The van der Waals surface area contributed by atoms with Crippen LogP contribution in [0.5, 0.6) is 0 Å². The molecular weight excluding hydrogens is 416 g/mol. The molecule has 1 aliphatic carbocycles. The molecule has 0 radical (unpaired) electrons. The Morgan fingerprint density at radius 3 is 2.25 bits per heavy atom. The van der Waals surface area contributed by atoms with E-state index >= 15 is 0 Å². The van der Waals surface area contributed by atoms with E-state index in [9.17, 15) is 23.8 Å². The van der Waals surface area contributed by atoms with Crippen LogP contribution in [0, 0.1) is 11.6 Å². The molecule has 0 heterocycles. The van der Waals surface area contributed by atoms with Crippen LogP contribution >= 0.6 is 0 Å². The normalized spacial score (nSPS) is 14.4. The van der Waals surface area contributed by atoms with Crippen molar-refractivity contribution in [3.05, 3.63) is 95.1 Å². The molecule has 0 saturated carbocycles. The average Bonchev–Trinajstić information content (AvgIpc) is 3.12. The number of alkyl carbamates (subject to hydrolysis) is 1. The van der Waals surface area contributed by atoms with E-state index in [2.05, 4.69) is 5.32 Å². The number of aliphatic hydroxyl groups excluding tert-OH is 2. The zero-order valence-electron chi connectivity index (χ0n) is 17.2. The Kier molecular flexibility index (Phi) is 6.48. The lowest BCUT2D eigenvalue weighted by Gasteiger charge is -2.19. The van der Waals surface area contributed by atoms with Gasteiger partial charge in [-0.25, -0.2) is 13.6 Å². The number of fused-ring (bicyclic) bond motifs is 3. The van der Waals surface area contributed by atoms with Gasteiger partial charge in [-0.15, -0.1) is 0 Å². The first-order valence-electron chi connectivity index (χ1n) is 10.4. The van der Waals surface area contributed by atoms with Crippen LogP contribution in [0.15, 0.2) is 66.7 Å². The van der Waals surface area contributed by atoms with E-state index in [1.165, 1.54) is 0 Å². The first kappa shape index (κ1) is 21.9. The predicted molar refractivity (Wildman–Crippen MR) is 115 cm³/mol. The summed E-state index contributed by atoms with van der Waals surface area (Å²) in [5.74, 6) is -1.61. The van der Waals surface area contributed by atoms with Crippen molar-refractivity contribution in [3.8, 4) is 11.1 Å². The number of hydrogen-bond donors (Lipinski definition) is 3. The fourth-order valence-electron chi connectivity index (χ4n) is 4.08. The summed E-state index contributed by atoms with van der Waals surface area (Å²) < 4.78 is 32.5. The van der Waals surface area contributed by atoms with E-state index in [4.69, 9.17) is 4.74 Å². The number of amides is 1. The summed E-state index contributed by atoms with van der Waals surface area (Å²) in [6.45, 7) is 0.144. The molecular formula is C25H23F2NO4. The lowest BCUT2D eigenvalue weighted by Crippen LogP contribution is -2.31. The van der Waals surface area contributed by atoms with Gasteiger partial charge in [-0.2, -0.15) is 0 Å². The van der Waals surface area contributed by atoms with E-state index in [0.717, 1.165) is 40.5 Å². The van der Waals surface area contributed by atoms with Gasteiger partial charge in [0, 0.05) is 18.0 Å². The van der Waals surface area contributed by atoms with Gasteiger partial charge in [0.15, 0.2) is 0 Å².